The third kappa shape index (κ3) is 2.22. The SMILES string of the molecule is Clc1cccc(-c2cnn3c4c(cnc23)CCCCC4)c1. The molecular formula is C17H16ClN3. The summed E-state index contributed by atoms with van der Waals surface area (Å²) in [5.74, 6) is 0. The molecule has 0 fully saturated rings. The molecule has 21 heavy (non-hydrogen) atoms. The fourth-order valence-electron chi connectivity index (χ4n) is 3.13. The first-order valence-corrected chi connectivity index (χ1v) is 7.81. The predicted molar refractivity (Wildman–Crippen MR) is 84.7 cm³/mol. The second-order valence-electron chi connectivity index (χ2n) is 5.59. The lowest BCUT2D eigenvalue weighted by Crippen LogP contribution is -2.04. The molecule has 0 unspecified atom stereocenters. The van der Waals surface area contributed by atoms with Crippen molar-refractivity contribution in [2.24, 2.45) is 0 Å². The van der Waals surface area contributed by atoms with Gasteiger partial charge in [0.05, 0.1) is 6.20 Å². The zero-order valence-electron chi connectivity index (χ0n) is 11.7. The molecule has 0 bridgehead atoms. The number of benzene rings is 1. The van der Waals surface area contributed by atoms with Crippen molar-refractivity contribution in [2.45, 2.75) is 32.1 Å². The maximum atomic E-state index is 6.10. The summed E-state index contributed by atoms with van der Waals surface area (Å²) < 4.78 is 2.02. The lowest BCUT2D eigenvalue weighted by atomic mass is 10.1. The molecule has 3 aromatic rings. The van der Waals surface area contributed by atoms with Crippen molar-refractivity contribution in [1.29, 1.82) is 0 Å². The molecule has 0 amide bonds. The second kappa shape index (κ2) is 5.15. The number of nitrogens with zero attached hydrogens (tertiary/aromatic N) is 3. The Labute approximate surface area is 128 Å². The molecule has 0 radical (unpaired) electrons. The van der Waals surface area contributed by atoms with Crippen LogP contribution in [0.15, 0.2) is 36.7 Å². The minimum Gasteiger partial charge on any atom is -0.236 e. The fraction of sp³-hybridized carbons (Fsp3) is 0.294. The van der Waals surface area contributed by atoms with E-state index in [4.69, 9.17) is 11.6 Å². The Morgan fingerprint density at radius 1 is 1.05 bits per heavy atom. The number of aromatic nitrogens is 3. The highest BCUT2D eigenvalue weighted by atomic mass is 35.5. The van der Waals surface area contributed by atoms with E-state index in [-0.39, 0.29) is 0 Å². The van der Waals surface area contributed by atoms with Gasteiger partial charge >= 0.3 is 0 Å². The number of hydrogen-bond donors (Lipinski definition) is 0. The first kappa shape index (κ1) is 12.8. The van der Waals surface area contributed by atoms with Crippen molar-refractivity contribution >= 4 is 17.2 Å². The van der Waals surface area contributed by atoms with Gasteiger partial charge in [-0.15, -0.1) is 0 Å². The van der Waals surface area contributed by atoms with E-state index in [9.17, 15) is 0 Å². The summed E-state index contributed by atoms with van der Waals surface area (Å²) in [5, 5.41) is 5.33. The largest absolute Gasteiger partial charge is 0.236 e. The van der Waals surface area contributed by atoms with Gasteiger partial charge < -0.3 is 0 Å². The third-order valence-electron chi connectivity index (χ3n) is 4.21. The Morgan fingerprint density at radius 2 is 1.95 bits per heavy atom. The minimum absolute atomic E-state index is 0.738. The molecule has 0 saturated heterocycles. The quantitative estimate of drug-likeness (QED) is 0.626. The Bertz CT molecular complexity index is 807. The van der Waals surface area contributed by atoms with Crippen molar-refractivity contribution in [3.05, 3.63) is 52.9 Å². The van der Waals surface area contributed by atoms with Gasteiger partial charge in [0.1, 0.15) is 0 Å². The van der Waals surface area contributed by atoms with Gasteiger partial charge in [0.25, 0.3) is 0 Å². The summed E-state index contributed by atoms with van der Waals surface area (Å²) in [6.45, 7) is 0. The van der Waals surface area contributed by atoms with E-state index < -0.39 is 0 Å². The predicted octanol–water partition coefficient (Wildman–Crippen LogP) is 4.32. The van der Waals surface area contributed by atoms with Crippen molar-refractivity contribution in [2.75, 3.05) is 0 Å². The summed E-state index contributed by atoms with van der Waals surface area (Å²) in [4.78, 5) is 4.66. The van der Waals surface area contributed by atoms with Crippen molar-refractivity contribution in [1.82, 2.24) is 14.6 Å². The summed E-state index contributed by atoms with van der Waals surface area (Å²) in [7, 11) is 0. The molecule has 2 heterocycles. The van der Waals surface area contributed by atoms with Crippen molar-refractivity contribution in [3.8, 4) is 11.1 Å². The molecule has 1 aromatic carbocycles. The van der Waals surface area contributed by atoms with Gasteiger partial charge in [0.15, 0.2) is 5.65 Å². The highest BCUT2D eigenvalue weighted by Crippen LogP contribution is 2.28. The molecule has 4 heteroatoms. The molecular weight excluding hydrogens is 282 g/mol. The third-order valence-corrected chi connectivity index (χ3v) is 4.44. The smallest absolute Gasteiger partial charge is 0.163 e. The van der Waals surface area contributed by atoms with Gasteiger partial charge in [0, 0.05) is 22.5 Å². The van der Waals surface area contributed by atoms with Crippen LogP contribution in [0.1, 0.15) is 30.5 Å². The van der Waals surface area contributed by atoms with E-state index in [1.165, 1.54) is 30.5 Å². The molecule has 3 nitrogen and oxygen atoms in total. The lowest BCUT2D eigenvalue weighted by molar-refractivity contribution is 0.702. The highest BCUT2D eigenvalue weighted by Gasteiger charge is 2.16. The van der Waals surface area contributed by atoms with Crippen LogP contribution in [0.25, 0.3) is 16.8 Å². The van der Waals surface area contributed by atoms with E-state index in [1.807, 2.05) is 35.1 Å². The van der Waals surface area contributed by atoms with Gasteiger partial charge in [-0.1, -0.05) is 30.2 Å². The van der Waals surface area contributed by atoms with Crippen LogP contribution in [-0.2, 0) is 12.8 Å². The summed E-state index contributed by atoms with van der Waals surface area (Å²) in [6.07, 6.45) is 9.92. The van der Waals surface area contributed by atoms with Crippen molar-refractivity contribution in [3.63, 3.8) is 0 Å². The summed E-state index contributed by atoms with van der Waals surface area (Å²) in [6, 6.07) is 7.86. The molecule has 4 rings (SSSR count). The number of aryl methyl sites for hydroxylation is 2. The van der Waals surface area contributed by atoms with E-state index in [0.717, 1.165) is 34.6 Å². The summed E-state index contributed by atoms with van der Waals surface area (Å²) in [5.41, 5.74) is 5.72. The first-order valence-electron chi connectivity index (χ1n) is 7.43. The van der Waals surface area contributed by atoms with E-state index in [1.54, 1.807) is 0 Å². The van der Waals surface area contributed by atoms with Crippen LogP contribution in [0.3, 0.4) is 0 Å². The Hall–Kier alpha value is -1.87. The standard InChI is InChI=1S/C17H16ClN3/c18-14-7-4-6-12(9-14)15-11-20-21-16-8-3-1-2-5-13(16)10-19-17(15)21/h4,6-7,9-11H,1-3,5,8H2. The van der Waals surface area contributed by atoms with Crippen LogP contribution in [0, 0.1) is 0 Å². The molecule has 106 valence electrons. The van der Waals surface area contributed by atoms with Crippen LogP contribution in [0.5, 0.6) is 0 Å². The highest BCUT2D eigenvalue weighted by molar-refractivity contribution is 6.30. The minimum atomic E-state index is 0.738. The summed E-state index contributed by atoms with van der Waals surface area (Å²) >= 11 is 6.10. The van der Waals surface area contributed by atoms with E-state index >= 15 is 0 Å². The van der Waals surface area contributed by atoms with Crippen LogP contribution >= 0.6 is 11.6 Å². The zero-order valence-corrected chi connectivity index (χ0v) is 12.5. The Balaban J connectivity index is 1.91. The van der Waals surface area contributed by atoms with Gasteiger partial charge in [0.2, 0.25) is 0 Å². The van der Waals surface area contributed by atoms with Gasteiger partial charge in [-0.2, -0.15) is 5.10 Å². The van der Waals surface area contributed by atoms with Crippen LogP contribution in [-0.4, -0.2) is 14.6 Å². The molecule has 0 atom stereocenters. The van der Waals surface area contributed by atoms with Gasteiger partial charge in [-0.05, 0) is 48.9 Å². The second-order valence-corrected chi connectivity index (χ2v) is 6.03. The average Bonchev–Trinajstić information content (AvgIpc) is 2.78. The topological polar surface area (TPSA) is 30.2 Å². The molecule has 0 spiro atoms. The van der Waals surface area contributed by atoms with E-state index in [0.29, 0.717) is 0 Å². The lowest BCUT2D eigenvalue weighted by Gasteiger charge is -2.08. The Kier molecular flexibility index (Phi) is 3.15. The number of halogens is 1. The first-order chi connectivity index (χ1) is 10.3. The zero-order chi connectivity index (χ0) is 14.2. The maximum absolute atomic E-state index is 6.10. The average molecular weight is 298 g/mol. The molecule has 0 saturated carbocycles. The molecule has 1 aliphatic carbocycles. The van der Waals surface area contributed by atoms with Gasteiger partial charge in [-0.25, -0.2) is 9.50 Å². The fourth-order valence-corrected chi connectivity index (χ4v) is 3.32. The Morgan fingerprint density at radius 3 is 2.86 bits per heavy atom. The molecule has 1 aliphatic rings. The van der Waals surface area contributed by atoms with Gasteiger partial charge in [-0.3, -0.25) is 0 Å². The number of rotatable bonds is 1. The van der Waals surface area contributed by atoms with Crippen LogP contribution in [0.2, 0.25) is 5.02 Å². The van der Waals surface area contributed by atoms with Crippen LogP contribution < -0.4 is 0 Å². The normalized spacial score (nSPS) is 14.9. The van der Waals surface area contributed by atoms with Crippen LogP contribution in [0.4, 0.5) is 0 Å². The molecule has 0 N–H and O–H groups in total. The monoisotopic (exact) mass is 297 g/mol. The number of fused-ring (bicyclic) bond motifs is 3. The molecule has 0 aliphatic heterocycles. The maximum Gasteiger partial charge on any atom is 0.163 e. The molecule has 2 aromatic heterocycles. The van der Waals surface area contributed by atoms with E-state index in [2.05, 4.69) is 16.1 Å². The number of hydrogen-bond acceptors (Lipinski definition) is 2. The van der Waals surface area contributed by atoms with Crippen molar-refractivity contribution < 1.29 is 0 Å².